The molecule has 2 unspecified atom stereocenters. The highest BCUT2D eigenvalue weighted by Crippen LogP contribution is 2.26. The fraction of sp³-hybridized carbons (Fsp3) is 0.889. The normalized spacial score (nSPS) is 15.0. The maximum absolute atomic E-state index is 5.95. The number of nitrogens with zero attached hydrogens (tertiary/aromatic N) is 2. The largest absolute Gasteiger partial charge is 0.364 e. The number of hydrogen-bond acceptors (Lipinski definition) is 2. The fourth-order valence-electron chi connectivity index (χ4n) is 3.09. The molecule has 0 rings (SSSR count). The Balaban J connectivity index is 5.24. The van der Waals surface area contributed by atoms with Crippen molar-refractivity contribution >= 4 is 34.9 Å². The Bertz CT molecular complexity index is 333. The molecule has 0 aromatic rings. The van der Waals surface area contributed by atoms with Crippen molar-refractivity contribution in [1.82, 2.24) is 9.80 Å². The molecule has 4 heteroatoms. The van der Waals surface area contributed by atoms with Crippen LogP contribution in [0.25, 0.3) is 0 Å². The summed E-state index contributed by atoms with van der Waals surface area (Å²) in [5.41, 5.74) is 1.66. The zero-order chi connectivity index (χ0) is 17.2. The van der Waals surface area contributed by atoms with Gasteiger partial charge < -0.3 is 9.80 Å². The van der Waals surface area contributed by atoms with Gasteiger partial charge in [0.15, 0.2) is 0 Å². The van der Waals surface area contributed by atoms with Crippen molar-refractivity contribution in [3.8, 4) is 0 Å². The highest BCUT2D eigenvalue weighted by atomic mass is 32.1. The minimum Gasteiger partial charge on any atom is -0.364 e. The van der Waals surface area contributed by atoms with E-state index in [0.29, 0.717) is 5.92 Å². The summed E-state index contributed by atoms with van der Waals surface area (Å²) in [6.07, 6.45) is 5.93. The quantitative estimate of drug-likeness (QED) is 0.443. The second-order valence-corrected chi connectivity index (χ2v) is 7.10. The summed E-state index contributed by atoms with van der Waals surface area (Å²) in [5.74, 6) is 0.681. The van der Waals surface area contributed by atoms with Gasteiger partial charge in [0.2, 0.25) is 0 Å². The maximum Gasteiger partial charge on any atom is 0.104 e. The molecule has 0 fully saturated rings. The number of unbranched alkanes of at least 4 members (excludes halogenated alkanes) is 1. The first-order chi connectivity index (χ1) is 10.4. The highest BCUT2D eigenvalue weighted by molar-refractivity contribution is 7.80. The van der Waals surface area contributed by atoms with E-state index in [-0.39, 0.29) is 5.54 Å². The van der Waals surface area contributed by atoms with Gasteiger partial charge in [0.1, 0.15) is 4.99 Å². The molecular weight excluding hydrogens is 308 g/mol. The second kappa shape index (κ2) is 11.3. The molecule has 0 radical (unpaired) electrons. The van der Waals surface area contributed by atoms with Gasteiger partial charge in [0.05, 0.1) is 11.0 Å². The molecule has 2 nitrogen and oxygen atoms in total. The molecule has 0 heterocycles. The van der Waals surface area contributed by atoms with Gasteiger partial charge in [0.25, 0.3) is 0 Å². The van der Waals surface area contributed by atoms with Crippen LogP contribution in [0.2, 0.25) is 0 Å². The summed E-state index contributed by atoms with van der Waals surface area (Å²) in [6, 6.07) is 0. The lowest BCUT2D eigenvalue weighted by Gasteiger charge is -2.44. The van der Waals surface area contributed by atoms with Gasteiger partial charge in [-0.25, -0.2) is 0 Å². The first-order valence-electron chi connectivity index (χ1n) is 8.92. The van der Waals surface area contributed by atoms with Gasteiger partial charge >= 0.3 is 0 Å². The molecule has 0 aliphatic heterocycles. The lowest BCUT2D eigenvalue weighted by Crippen LogP contribution is -2.57. The average Bonchev–Trinajstić information content (AvgIpc) is 2.51. The number of rotatable bonds is 12. The van der Waals surface area contributed by atoms with E-state index in [1.807, 2.05) is 0 Å². The van der Waals surface area contributed by atoms with Crippen molar-refractivity contribution in [1.29, 1.82) is 0 Å². The number of likely N-dealkylation sites (N-methyl/N-ethyl adjacent to an activating group) is 2. The highest BCUT2D eigenvalue weighted by Gasteiger charge is 2.36. The summed E-state index contributed by atoms with van der Waals surface area (Å²) in [7, 11) is 0. The first-order valence-corrected chi connectivity index (χ1v) is 9.80. The summed E-state index contributed by atoms with van der Waals surface area (Å²) in [6.45, 7) is 16.4. The molecule has 0 amide bonds. The van der Waals surface area contributed by atoms with Crippen molar-refractivity contribution in [3.05, 3.63) is 0 Å². The molecule has 0 spiro atoms. The van der Waals surface area contributed by atoms with Crippen molar-refractivity contribution in [2.45, 2.75) is 79.2 Å². The third kappa shape index (κ3) is 6.11. The lowest BCUT2D eigenvalue weighted by atomic mass is 9.91. The zero-order valence-electron chi connectivity index (χ0n) is 15.5. The van der Waals surface area contributed by atoms with Gasteiger partial charge in [-0.05, 0) is 39.5 Å². The first kappa shape index (κ1) is 21.8. The van der Waals surface area contributed by atoms with Gasteiger partial charge in [0, 0.05) is 19.6 Å². The van der Waals surface area contributed by atoms with Crippen LogP contribution in [0.15, 0.2) is 0 Å². The SMILES string of the molecule is CCCCC(C)(C(=S)N(CC)CC(C)CCC)N(C=S)CC. The van der Waals surface area contributed by atoms with Crippen LogP contribution in [0.1, 0.15) is 73.6 Å². The molecule has 0 saturated carbocycles. The minimum atomic E-state index is -0.135. The molecule has 22 heavy (non-hydrogen) atoms. The molecule has 2 atom stereocenters. The van der Waals surface area contributed by atoms with E-state index in [0.717, 1.165) is 31.0 Å². The third-order valence-electron chi connectivity index (χ3n) is 4.56. The van der Waals surface area contributed by atoms with Crippen molar-refractivity contribution < 1.29 is 0 Å². The van der Waals surface area contributed by atoms with Crippen molar-refractivity contribution in [3.63, 3.8) is 0 Å². The molecule has 0 N–H and O–H groups in total. The minimum absolute atomic E-state index is 0.135. The van der Waals surface area contributed by atoms with E-state index in [1.165, 1.54) is 25.7 Å². The Morgan fingerprint density at radius 1 is 1.14 bits per heavy atom. The van der Waals surface area contributed by atoms with E-state index in [1.54, 1.807) is 5.49 Å². The Hall–Kier alpha value is -0.220. The van der Waals surface area contributed by atoms with Crippen LogP contribution in [-0.2, 0) is 0 Å². The zero-order valence-corrected chi connectivity index (χ0v) is 17.2. The van der Waals surface area contributed by atoms with Crippen LogP contribution >= 0.6 is 24.4 Å². The Morgan fingerprint density at radius 3 is 2.18 bits per heavy atom. The molecule has 0 aliphatic rings. The summed E-state index contributed by atoms with van der Waals surface area (Å²) < 4.78 is 0. The Kier molecular flexibility index (Phi) is 11.2. The summed E-state index contributed by atoms with van der Waals surface area (Å²) >= 11 is 11.2. The molecule has 0 bridgehead atoms. The standard InChI is InChI=1S/C18H36N2S2/c1-7-11-13-18(6,20(10-4)15-21)17(22)19(9-3)14-16(5)12-8-2/h15-16H,7-14H2,1-6H3. The van der Waals surface area contributed by atoms with E-state index >= 15 is 0 Å². The van der Waals surface area contributed by atoms with Gasteiger partial charge in [-0.2, -0.15) is 0 Å². The van der Waals surface area contributed by atoms with E-state index in [4.69, 9.17) is 24.4 Å². The van der Waals surface area contributed by atoms with Gasteiger partial charge in [-0.1, -0.05) is 64.5 Å². The van der Waals surface area contributed by atoms with Gasteiger partial charge in [-0.15, -0.1) is 0 Å². The van der Waals surface area contributed by atoms with Crippen LogP contribution in [-0.4, -0.2) is 45.5 Å². The van der Waals surface area contributed by atoms with Crippen molar-refractivity contribution in [2.75, 3.05) is 19.6 Å². The van der Waals surface area contributed by atoms with E-state index in [2.05, 4.69) is 51.3 Å². The molecule has 0 aromatic carbocycles. The average molecular weight is 345 g/mol. The van der Waals surface area contributed by atoms with E-state index < -0.39 is 0 Å². The maximum atomic E-state index is 5.95. The Morgan fingerprint density at radius 2 is 1.77 bits per heavy atom. The monoisotopic (exact) mass is 344 g/mol. The van der Waals surface area contributed by atoms with Crippen molar-refractivity contribution in [2.24, 2.45) is 5.92 Å². The third-order valence-corrected chi connectivity index (χ3v) is 5.51. The molecule has 0 saturated heterocycles. The van der Waals surface area contributed by atoms with Crippen LogP contribution in [0.5, 0.6) is 0 Å². The molecule has 0 aromatic heterocycles. The summed E-state index contributed by atoms with van der Waals surface area (Å²) in [4.78, 5) is 5.70. The molecule has 130 valence electrons. The van der Waals surface area contributed by atoms with Crippen LogP contribution < -0.4 is 0 Å². The summed E-state index contributed by atoms with van der Waals surface area (Å²) in [5, 5.41) is 0. The Labute approximate surface area is 149 Å². The van der Waals surface area contributed by atoms with Crippen LogP contribution in [0.3, 0.4) is 0 Å². The topological polar surface area (TPSA) is 6.48 Å². The number of hydrogen-bond donors (Lipinski definition) is 0. The van der Waals surface area contributed by atoms with Crippen LogP contribution in [0.4, 0.5) is 0 Å². The van der Waals surface area contributed by atoms with Crippen LogP contribution in [0, 0.1) is 5.92 Å². The number of thiocarbonyl (C=S) groups is 2. The van der Waals surface area contributed by atoms with E-state index in [9.17, 15) is 0 Å². The molecule has 0 aliphatic carbocycles. The predicted octanol–water partition coefficient (Wildman–Crippen LogP) is 5.30. The molecular formula is C18H36N2S2. The second-order valence-electron chi connectivity index (χ2n) is 6.51. The lowest BCUT2D eigenvalue weighted by molar-refractivity contribution is 0.237. The fourth-order valence-corrected chi connectivity index (χ4v) is 3.90. The smallest absolute Gasteiger partial charge is 0.104 e. The van der Waals surface area contributed by atoms with Gasteiger partial charge in [-0.3, -0.25) is 0 Å². The predicted molar refractivity (Wildman–Crippen MR) is 108 cm³/mol.